The molecular weight excluding hydrogens is 272 g/mol. The third kappa shape index (κ3) is 3.80. The lowest BCUT2D eigenvalue weighted by atomic mass is 10.2. The highest BCUT2D eigenvalue weighted by Gasteiger charge is 2.11. The predicted molar refractivity (Wildman–Crippen MR) is 77.7 cm³/mol. The topological polar surface area (TPSA) is 55.1 Å². The molecular formula is C15H16N2O2S. The molecule has 1 aromatic heterocycles. The minimum Gasteiger partial charge on any atom is -0.486 e. The number of aryl methyl sites for hydroxylation is 1. The molecule has 104 valence electrons. The average Bonchev–Trinajstić information content (AvgIpc) is 2.80. The molecule has 0 unspecified atom stereocenters. The number of aromatic nitrogens is 1. The van der Waals surface area contributed by atoms with Crippen LogP contribution in [0.1, 0.15) is 21.1 Å². The Labute approximate surface area is 122 Å². The predicted octanol–water partition coefficient (Wildman–Crippen LogP) is 3.24. The van der Waals surface area contributed by atoms with Crippen molar-refractivity contribution in [3.05, 3.63) is 45.4 Å². The van der Waals surface area contributed by atoms with Crippen LogP contribution in [0, 0.1) is 18.3 Å². The average molecular weight is 288 g/mol. The van der Waals surface area contributed by atoms with Crippen LogP contribution < -0.4 is 4.74 Å². The van der Waals surface area contributed by atoms with Crippen molar-refractivity contribution in [3.63, 3.8) is 0 Å². The molecule has 1 aromatic carbocycles. The van der Waals surface area contributed by atoms with E-state index in [4.69, 9.17) is 14.7 Å². The first kappa shape index (κ1) is 14.5. The summed E-state index contributed by atoms with van der Waals surface area (Å²) in [6.07, 6.45) is 0.362. The van der Waals surface area contributed by atoms with Crippen molar-refractivity contribution in [1.29, 1.82) is 5.26 Å². The molecule has 0 fully saturated rings. The summed E-state index contributed by atoms with van der Waals surface area (Å²) in [5.74, 6) is 0.829. The van der Waals surface area contributed by atoms with Gasteiger partial charge in [0.2, 0.25) is 0 Å². The fraction of sp³-hybridized carbons (Fsp3) is 0.333. The van der Waals surface area contributed by atoms with Crippen molar-refractivity contribution < 1.29 is 9.47 Å². The summed E-state index contributed by atoms with van der Waals surface area (Å²) in [6.45, 7) is 2.87. The molecule has 0 saturated heterocycles. The van der Waals surface area contributed by atoms with E-state index in [1.54, 1.807) is 7.11 Å². The van der Waals surface area contributed by atoms with Gasteiger partial charge in [0.15, 0.2) is 0 Å². The fourth-order valence-corrected chi connectivity index (χ4v) is 2.73. The van der Waals surface area contributed by atoms with Crippen LogP contribution in [0.15, 0.2) is 24.3 Å². The van der Waals surface area contributed by atoms with Gasteiger partial charge in [-0.3, -0.25) is 0 Å². The maximum Gasteiger partial charge on any atom is 0.140 e. The molecule has 0 saturated carbocycles. The smallest absolute Gasteiger partial charge is 0.140 e. The zero-order valence-electron chi connectivity index (χ0n) is 11.5. The van der Waals surface area contributed by atoms with Gasteiger partial charge < -0.3 is 9.47 Å². The number of nitrogens with zero attached hydrogens (tertiary/aromatic N) is 2. The normalized spacial score (nSPS) is 10.2. The summed E-state index contributed by atoms with van der Waals surface area (Å²) in [5, 5.41) is 9.68. The van der Waals surface area contributed by atoms with E-state index in [0.29, 0.717) is 19.6 Å². The molecule has 4 nitrogen and oxygen atoms in total. The summed E-state index contributed by atoms with van der Waals surface area (Å²) in [7, 11) is 1.62. The number of hydrogen-bond donors (Lipinski definition) is 0. The Balaban J connectivity index is 2.06. The van der Waals surface area contributed by atoms with Gasteiger partial charge in [0, 0.05) is 12.0 Å². The summed E-state index contributed by atoms with van der Waals surface area (Å²) in [4.78, 5) is 5.43. The molecule has 0 aliphatic carbocycles. The van der Waals surface area contributed by atoms with Crippen molar-refractivity contribution in [2.24, 2.45) is 0 Å². The van der Waals surface area contributed by atoms with Crippen LogP contribution in [0.2, 0.25) is 0 Å². The molecule has 0 aliphatic heterocycles. The monoisotopic (exact) mass is 288 g/mol. The van der Waals surface area contributed by atoms with Gasteiger partial charge in [-0.2, -0.15) is 5.26 Å². The zero-order valence-corrected chi connectivity index (χ0v) is 12.4. The van der Waals surface area contributed by atoms with Crippen molar-refractivity contribution >= 4 is 11.3 Å². The highest BCUT2D eigenvalue weighted by molar-refractivity contribution is 7.11. The van der Waals surface area contributed by atoms with Crippen molar-refractivity contribution in [2.75, 3.05) is 7.11 Å². The minimum absolute atomic E-state index is 0.362. The second kappa shape index (κ2) is 7.04. The first-order valence-electron chi connectivity index (χ1n) is 6.25. The Morgan fingerprint density at radius 1 is 1.35 bits per heavy atom. The van der Waals surface area contributed by atoms with Gasteiger partial charge in [-0.25, -0.2) is 4.98 Å². The van der Waals surface area contributed by atoms with Gasteiger partial charge in [-0.05, 0) is 24.6 Å². The van der Waals surface area contributed by atoms with Crippen LogP contribution in [0.25, 0.3) is 0 Å². The maximum atomic E-state index is 8.82. The summed E-state index contributed by atoms with van der Waals surface area (Å²) < 4.78 is 10.8. The molecule has 20 heavy (non-hydrogen) atoms. The molecule has 2 aromatic rings. The van der Waals surface area contributed by atoms with Crippen molar-refractivity contribution in [2.45, 2.75) is 26.6 Å². The standard InChI is InChI=1S/C15H16N2O2S/c1-11-4-3-5-12(8-11)19-10-15-17-13(9-18-2)14(20-15)6-7-16/h3-5,8H,6,9-10H2,1-2H3. The second-order valence-corrected chi connectivity index (χ2v) is 5.52. The Morgan fingerprint density at radius 3 is 2.90 bits per heavy atom. The molecule has 0 radical (unpaired) electrons. The first-order chi connectivity index (χ1) is 9.72. The lowest BCUT2D eigenvalue weighted by Gasteiger charge is -2.04. The quantitative estimate of drug-likeness (QED) is 0.818. The highest BCUT2D eigenvalue weighted by Crippen LogP contribution is 2.22. The summed E-state index contributed by atoms with van der Waals surface area (Å²) >= 11 is 1.51. The third-order valence-electron chi connectivity index (χ3n) is 2.70. The van der Waals surface area contributed by atoms with Crippen LogP contribution in [-0.2, 0) is 24.4 Å². The summed E-state index contributed by atoms with van der Waals surface area (Å²) in [5.41, 5.74) is 1.99. The molecule has 0 bridgehead atoms. The van der Waals surface area contributed by atoms with E-state index >= 15 is 0 Å². The van der Waals surface area contributed by atoms with Crippen LogP contribution in [-0.4, -0.2) is 12.1 Å². The Morgan fingerprint density at radius 2 is 2.20 bits per heavy atom. The molecule has 2 rings (SSSR count). The SMILES string of the molecule is COCc1nc(COc2cccc(C)c2)sc1CC#N. The Hall–Kier alpha value is -1.90. The number of benzene rings is 1. The zero-order chi connectivity index (χ0) is 14.4. The third-order valence-corrected chi connectivity index (χ3v) is 3.77. The molecule has 0 atom stereocenters. The van der Waals surface area contributed by atoms with Gasteiger partial charge in [0.25, 0.3) is 0 Å². The van der Waals surface area contributed by atoms with Gasteiger partial charge in [0.05, 0.1) is 24.8 Å². The molecule has 0 spiro atoms. The largest absolute Gasteiger partial charge is 0.486 e. The Bertz CT molecular complexity index is 617. The van der Waals surface area contributed by atoms with E-state index in [1.807, 2.05) is 31.2 Å². The lowest BCUT2D eigenvalue weighted by molar-refractivity contribution is 0.181. The van der Waals surface area contributed by atoms with E-state index in [-0.39, 0.29) is 0 Å². The van der Waals surface area contributed by atoms with E-state index in [1.165, 1.54) is 11.3 Å². The van der Waals surface area contributed by atoms with Crippen LogP contribution in [0.3, 0.4) is 0 Å². The van der Waals surface area contributed by atoms with Crippen LogP contribution in [0.4, 0.5) is 0 Å². The molecule has 5 heteroatoms. The molecule has 1 heterocycles. The summed E-state index contributed by atoms with van der Waals surface area (Å²) in [6, 6.07) is 10.0. The molecule has 0 aliphatic rings. The number of thiazole rings is 1. The van der Waals surface area contributed by atoms with Crippen molar-refractivity contribution in [3.8, 4) is 11.8 Å². The maximum absolute atomic E-state index is 8.82. The van der Waals surface area contributed by atoms with Crippen molar-refractivity contribution in [1.82, 2.24) is 4.98 Å². The Kier molecular flexibility index (Phi) is 5.10. The number of rotatable bonds is 6. The first-order valence-corrected chi connectivity index (χ1v) is 7.07. The lowest BCUT2D eigenvalue weighted by Crippen LogP contribution is -1.96. The number of methoxy groups -OCH3 is 1. The van der Waals surface area contributed by atoms with E-state index < -0.39 is 0 Å². The molecule has 0 N–H and O–H groups in total. The number of ether oxygens (including phenoxy) is 2. The highest BCUT2D eigenvalue weighted by atomic mass is 32.1. The van der Waals surface area contributed by atoms with E-state index in [2.05, 4.69) is 11.1 Å². The van der Waals surface area contributed by atoms with Crippen LogP contribution >= 0.6 is 11.3 Å². The second-order valence-electron chi connectivity index (χ2n) is 4.35. The fourth-order valence-electron chi connectivity index (χ4n) is 1.81. The van der Waals surface area contributed by atoms with Gasteiger partial charge >= 0.3 is 0 Å². The van der Waals surface area contributed by atoms with Gasteiger partial charge in [0.1, 0.15) is 17.4 Å². The van der Waals surface area contributed by atoms with Gasteiger partial charge in [-0.1, -0.05) is 12.1 Å². The van der Waals surface area contributed by atoms with Gasteiger partial charge in [-0.15, -0.1) is 11.3 Å². The van der Waals surface area contributed by atoms with E-state index in [9.17, 15) is 0 Å². The van der Waals surface area contributed by atoms with E-state index in [0.717, 1.165) is 26.9 Å². The number of hydrogen-bond acceptors (Lipinski definition) is 5. The minimum atomic E-state index is 0.362. The molecule has 0 amide bonds. The number of nitriles is 1. The van der Waals surface area contributed by atoms with Crippen LogP contribution in [0.5, 0.6) is 5.75 Å².